The SMILES string of the molecule is CS(=O)(=O)CCNCc1cn(-c2ccc3ncnc(Nc4ccc5c(c4)OCCN5Cc4cccc(F)c4)c3c2)nn1. The van der Waals surface area contributed by atoms with Gasteiger partial charge in [-0.05, 0) is 48.0 Å². The molecule has 0 amide bonds. The van der Waals surface area contributed by atoms with Crippen molar-refractivity contribution < 1.29 is 17.5 Å². The van der Waals surface area contributed by atoms with Gasteiger partial charge in [-0.25, -0.2) is 27.5 Å². The molecule has 0 saturated heterocycles. The van der Waals surface area contributed by atoms with E-state index in [9.17, 15) is 12.8 Å². The Kier molecular flexibility index (Phi) is 7.68. The number of ether oxygens (including phenoxy) is 1. The molecule has 5 aromatic rings. The number of benzene rings is 3. The van der Waals surface area contributed by atoms with Crippen molar-refractivity contribution in [2.75, 3.05) is 41.9 Å². The molecule has 1 aliphatic rings. The topological polar surface area (TPSA) is 127 Å². The number of rotatable bonds is 10. The van der Waals surface area contributed by atoms with Crippen molar-refractivity contribution in [3.05, 3.63) is 90.3 Å². The van der Waals surface area contributed by atoms with Gasteiger partial charge in [0.2, 0.25) is 0 Å². The molecule has 0 radical (unpaired) electrons. The highest BCUT2D eigenvalue weighted by atomic mass is 32.2. The highest BCUT2D eigenvalue weighted by Crippen LogP contribution is 2.36. The zero-order valence-electron chi connectivity index (χ0n) is 22.9. The number of fused-ring (bicyclic) bond motifs is 2. The summed E-state index contributed by atoms with van der Waals surface area (Å²) in [6.07, 6.45) is 4.51. The zero-order valence-corrected chi connectivity index (χ0v) is 23.7. The number of aromatic nitrogens is 5. The Morgan fingerprint density at radius 3 is 2.83 bits per heavy atom. The van der Waals surface area contributed by atoms with Crippen molar-refractivity contribution in [1.29, 1.82) is 0 Å². The first-order chi connectivity index (χ1) is 20.3. The molecule has 0 bridgehead atoms. The lowest BCUT2D eigenvalue weighted by Crippen LogP contribution is -2.32. The summed E-state index contributed by atoms with van der Waals surface area (Å²) in [6.45, 7) is 2.56. The summed E-state index contributed by atoms with van der Waals surface area (Å²) < 4.78 is 44.0. The molecular formula is C29H29FN8O3S. The Morgan fingerprint density at radius 1 is 1.07 bits per heavy atom. The van der Waals surface area contributed by atoms with Gasteiger partial charge in [0.05, 0.1) is 41.1 Å². The van der Waals surface area contributed by atoms with Crippen LogP contribution in [0.2, 0.25) is 0 Å². The van der Waals surface area contributed by atoms with Crippen LogP contribution in [-0.2, 0) is 22.9 Å². The zero-order chi connectivity index (χ0) is 29.1. The first-order valence-electron chi connectivity index (χ1n) is 13.4. The molecule has 0 fully saturated rings. The van der Waals surface area contributed by atoms with Gasteiger partial charge in [-0.2, -0.15) is 0 Å². The summed E-state index contributed by atoms with van der Waals surface area (Å²) in [4.78, 5) is 11.1. The summed E-state index contributed by atoms with van der Waals surface area (Å²) in [5.74, 6) is 1.17. The lowest BCUT2D eigenvalue weighted by molar-refractivity contribution is 0.307. The van der Waals surface area contributed by atoms with Gasteiger partial charge in [-0.1, -0.05) is 17.3 Å². The first kappa shape index (κ1) is 27.5. The van der Waals surface area contributed by atoms with Gasteiger partial charge in [-0.3, -0.25) is 0 Å². The third kappa shape index (κ3) is 6.47. The Hall–Kier alpha value is -4.62. The van der Waals surface area contributed by atoms with E-state index >= 15 is 0 Å². The molecule has 0 spiro atoms. The van der Waals surface area contributed by atoms with Gasteiger partial charge < -0.3 is 20.3 Å². The number of hydrogen-bond acceptors (Lipinski definition) is 10. The minimum absolute atomic E-state index is 0.0606. The molecular weight excluding hydrogens is 559 g/mol. The van der Waals surface area contributed by atoms with E-state index in [2.05, 4.69) is 35.8 Å². The Bertz CT molecular complexity index is 1850. The first-order valence-corrected chi connectivity index (χ1v) is 15.4. The third-order valence-electron chi connectivity index (χ3n) is 6.82. The minimum atomic E-state index is -3.03. The molecule has 0 saturated carbocycles. The van der Waals surface area contributed by atoms with Crippen molar-refractivity contribution in [2.24, 2.45) is 0 Å². The maximum atomic E-state index is 13.7. The van der Waals surface area contributed by atoms with E-state index in [1.54, 1.807) is 23.0 Å². The molecule has 11 nitrogen and oxygen atoms in total. The number of anilines is 3. The number of sulfone groups is 1. The third-order valence-corrected chi connectivity index (χ3v) is 7.77. The van der Waals surface area contributed by atoms with Gasteiger partial charge in [0.15, 0.2) is 0 Å². The van der Waals surface area contributed by atoms with Gasteiger partial charge in [0, 0.05) is 43.0 Å². The van der Waals surface area contributed by atoms with Crippen LogP contribution in [0.4, 0.5) is 21.6 Å². The van der Waals surface area contributed by atoms with Crippen LogP contribution in [0.1, 0.15) is 11.3 Å². The molecule has 13 heteroatoms. The van der Waals surface area contributed by atoms with Crippen molar-refractivity contribution in [3.8, 4) is 11.4 Å². The molecule has 216 valence electrons. The summed E-state index contributed by atoms with van der Waals surface area (Å²) in [5.41, 5.74) is 4.86. The summed E-state index contributed by atoms with van der Waals surface area (Å²) in [5, 5.41) is 15.7. The molecule has 3 heterocycles. The minimum Gasteiger partial charge on any atom is -0.489 e. The van der Waals surface area contributed by atoms with Crippen molar-refractivity contribution in [1.82, 2.24) is 30.3 Å². The summed E-state index contributed by atoms with van der Waals surface area (Å²) >= 11 is 0. The maximum absolute atomic E-state index is 13.7. The fourth-order valence-corrected chi connectivity index (χ4v) is 5.29. The molecule has 1 aliphatic heterocycles. The predicted molar refractivity (Wildman–Crippen MR) is 159 cm³/mol. The number of nitrogens with one attached hydrogen (secondary N) is 2. The molecule has 0 atom stereocenters. The van der Waals surface area contributed by atoms with Crippen LogP contribution in [0, 0.1) is 5.82 Å². The number of halogens is 1. The van der Waals surface area contributed by atoms with Crippen molar-refractivity contribution in [3.63, 3.8) is 0 Å². The highest BCUT2D eigenvalue weighted by molar-refractivity contribution is 7.90. The monoisotopic (exact) mass is 588 g/mol. The molecule has 0 unspecified atom stereocenters. The lowest BCUT2D eigenvalue weighted by atomic mass is 10.1. The molecule has 2 aromatic heterocycles. The Morgan fingerprint density at radius 2 is 1.98 bits per heavy atom. The second-order valence-corrected chi connectivity index (χ2v) is 12.4. The number of nitrogens with zero attached hydrogens (tertiary/aromatic N) is 6. The normalized spacial score (nSPS) is 13.1. The van der Waals surface area contributed by atoms with Crippen molar-refractivity contribution >= 4 is 37.9 Å². The summed E-state index contributed by atoms with van der Waals surface area (Å²) in [6, 6.07) is 18.3. The van der Waals surface area contributed by atoms with Crippen LogP contribution in [0.5, 0.6) is 5.75 Å². The van der Waals surface area contributed by atoms with E-state index in [0.29, 0.717) is 44.3 Å². The summed E-state index contributed by atoms with van der Waals surface area (Å²) in [7, 11) is -3.03. The lowest BCUT2D eigenvalue weighted by Gasteiger charge is -2.31. The van der Waals surface area contributed by atoms with Crippen LogP contribution in [0.3, 0.4) is 0 Å². The maximum Gasteiger partial charge on any atom is 0.148 e. The average molecular weight is 589 g/mol. The van der Waals surface area contributed by atoms with Gasteiger partial charge in [0.1, 0.15) is 40.2 Å². The van der Waals surface area contributed by atoms with E-state index in [4.69, 9.17) is 4.74 Å². The molecule has 0 aliphatic carbocycles. The van der Waals surface area contributed by atoms with Crippen LogP contribution in [-0.4, -0.2) is 65.1 Å². The van der Waals surface area contributed by atoms with E-state index in [1.807, 2.05) is 42.5 Å². The number of hydrogen-bond donors (Lipinski definition) is 2. The van der Waals surface area contributed by atoms with Crippen LogP contribution < -0.4 is 20.3 Å². The van der Waals surface area contributed by atoms with Gasteiger partial charge in [-0.15, -0.1) is 5.10 Å². The fourth-order valence-electron chi connectivity index (χ4n) is 4.78. The Balaban J connectivity index is 1.19. The second-order valence-electron chi connectivity index (χ2n) is 10.1. The quantitative estimate of drug-likeness (QED) is 0.234. The largest absolute Gasteiger partial charge is 0.489 e. The van der Waals surface area contributed by atoms with Crippen LogP contribution >= 0.6 is 0 Å². The smallest absolute Gasteiger partial charge is 0.148 e. The Labute approximate surface area is 242 Å². The molecule has 2 N–H and O–H groups in total. The van der Waals surface area contributed by atoms with Crippen LogP contribution in [0.15, 0.2) is 73.2 Å². The molecule has 3 aromatic carbocycles. The standard InChI is InChI=1S/C29H29FN8O3S/c1-42(39,40)12-9-31-16-23-18-38(36-35-23)24-6-7-26-25(15-24)29(33-19-32-26)34-22-5-8-27-28(14-22)41-11-10-37(27)17-20-3-2-4-21(30)13-20/h2-8,13-15,18-19,31H,9-12,16-17H2,1H3,(H,32,33,34). The van der Waals surface area contributed by atoms with E-state index in [1.165, 1.54) is 18.6 Å². The van der Waals surface area contributed by atoms with E-state index in [0.717, 1.165) is 39.3 Å². The second kappa shape index (κ2) is 11.7. The van der Waals surface area contributed by atoms with Gasteiger partial charge >= 0.3 is 0 Å². The van der Waals surface area contributed by atoms with E-state index < -0.39 is 9.84 Å². The predicted octanol–water partition coefficient (Wildman–Crippen LogP) is 3.63. The van der Waals surface area contributed by atoms with Crippen molar-refractivity contribution in [2.45, 2.75) is 13.1 Å². The molecule has 6 rings (SSSR count). The highest BCUT2D eigenvalue weighted by Gasteiger charge is 2.19. The molecule has 42 heavy (non-hydrogen) atoms. The average Bonchev–Trinajstić information content (AvgIpc) is 3.44. The van der Waals surface area contributed by atoms with E-state index in [-0.39, 0.29) is 11.6 Å². The van der Waals surface area contributed by atoms with Crippen LogP contribution in [0.25, 0.3) is 16.6 Å². The van der Waals surface area contributed by atoms with Gasteiger partial charge in [0.25, 0.3) is 0 Å². The fraction of sp³-hybridized carbons (Fsp3) is 0.241.